The number of piperidine rings is 1. The smallest absolute Gasteiger partial charge is 0.128 e. The van der Waals surface area contributed by atoms with Crippen LogP contribution in [0.25, 0.3) is 0 Å². The van der Waals surface area contributed by atoms with Crippen molar-refractivity contribution < 1.29 is 4.74 Å². The molecule has 1 unspecified atom stereocenters. The number of hydrogen-bond donors (Lipinski definition) is 0. The van der Waals surface area contributed by atoms with Crippen molar-refractivity contribution in [1.29, 1.82) is 0 Å². The number of nitrogens with zero attached hydrogens (tertiary/aromatic N) is 2. The van der Waals surface area contributed by atoms with Crippen LogP contribution >= 0.6 is 23.5 Å². The Bertz CT molecular complexity index is 747. The molecule has 3 nitrogen and oxygen atoms in total. The highest BCUT2D eigenvalue weighted by molar-refractivity contribution is 7.98. The Labute approximate surface area is 151 Å². The lowest BCUT2D eigenvalue weighted by Crippen LogP contribution is -2.42. The van der Waals surface area contributed by atoms with Gasteiger partial charge < -0.3 is 9.64 Å². The average molecular weight is 359 g/mol. The summed E-state index contributed by atoms with van der Waals surface area (Å²) >= 11 is 7.70. The van der Waals surface area contributed by atoms with Gasteiger partial charge in [-0.1, -0.05) is 29.8 Å². The number of halogens is 1. The van der Waals surface area contributed by atoms with Crippen molar-refractivity contribution in [2.75, 3.05) is 18.8 Å². The summed E-state index contributed by atoms with van der Waals surface area (Å²) in [7, 11) is 0. The first kappa shape index (κ1) is 15.9. The summed E-state index contributed by atoms with van der Waals surface area (Å²) < 4.78 is 10.6. The molecule has 2 aliphatic rings. The van der Waals surface area contributed by atoms with Crippen LogP contribution in [0.2, 0.25) is 5.02 Å². The van der Waals surface area contributed by atoms with E-state index in [1.807, 2.05) is 36.4 Å². The van der Waals surface area contributed by atoms with Gasteiger partial charge in [0.25, 0.3) is 0 Å². The molecule has 1 saturated heterocycles. The fourth-order valence-electron chi connectivity index (χ4n) is 3.31. The molecule has 0 N–H and O–H groups in total. The van der Waals surface area contributed by atoms with Crippen LogP contribution in [-0.4, -0.2) is 29.6 Å². The third kappa shape index (κ3) is 3.40. The molecule has 0 saturated carbocycles. The normalized spacial score (nSPS) is 20.3. The Morgan fingerprint density at radius 1 is 1.08 bits per heavy atom. The molecule has 0 amide bonds. The van der Waals surface area contributed by atoms with Gasteiger partial charge in [-0.15, -0.1) is 0 Å². The standard InChI is InChI=1S/C19H19ClN2OS/c20-15-3-1-4-17(13-15)23-16-8-6-14(7-9-16)18-5-2-10-22-11-12-24-21-19(18)22/h1,3-4,6-9,13,18H,2,5,10-12H2. The summed E-state index contributed by atoms with van der Waals surface area (Å²) in [5.74, 6) is 4.34. The topological polar surface area (TPSA) is 24.8 Å². The van der Waals surface area contributed by atoms with Gasteiger partial charge >= 0.3 is 0 Å². The lowest BCUT2D eigenvalue weighted by Gasteiger charge is -2.37. The number of fused-ring (bicyclic) bond motifs is 1. The third-order valence-corrected chi connectivity index (χ3v) is 5.40. The molecule has 0 aliphatic carbocycles. The van der Waals surface area contributed by atoms with Gasteiger partial charge in [0.05, 0.1) is 0 Å². The first-order valence-corrected chi connectivity index (χ1v) is 9.60. The van der Waals surface area contributed by atoms with Crippen molar-refractivity contribution in [2.24, 2.45) is 4.40 Å². The Morgan fingerprint density at radius 2 is 1.96 bits per heavy atom. The highest BCUT2D eigenvalue weighted by atomic mass is 35.5. The molecular weight excluding hydrogens is 340 g/mol. The van der Waals surface area contributed by atoms with E-state index in [4.69, 9.17) is 20.7 Å². The zero-order valence-corrected chi connectivity index (χ0v) is 14.9. The fourth-order valence-corrected chi connectivity index (χ4v) is 4.26. The van der Waals surface area contributed by atoms with Crippen molar-refractivity contribution in [3.05, 3.63) is 59.1 Å². The lowest BCUT2D eigenvalue weighted by molar-refractivity contribution is 0.371. The third-order valence-electron chi connectivity index (χ3n) is 4.48. The molecule has 2 heterocycles. The van der Waals surface area contributed by atoms with Crippen molar-refractivity contribution in [3.8, 4) is 11.5 Å². The molecule has 0 spiro atoms. The van der Waals surface area contributed by atoms with Crippen LogP contribution in [0.5, 0.6) is 11.5 Å². The molecule has 1 fully saturated rings. The monoisotopic (exact) mass is 358 g/mol. The maximum atomic E-state index is 6.00. The molecule has 2 aliphatic heterocycles. The molecule has 24 heavy (non-hydrogen) atoms. The van der Waals surface area contributed by atoms with E-state index in [0.717, 1.165) is 30.3 Å². The van der Waals surface area contributed by atoms with Crippen LogP contribution in [-0.2, 0) is 0 Å². The maximum absolute atomic E-state index is 6.00. The largest absolute Gasteiger partial charge is 0.457 e. The molecule has 4 rings (SSSR count). The molecule has 0 radical (unpaired) electrons. The minimum atomic E-state index is 0.409. The number of ether oxygens (including phenoxy) is 1. The summed E-state index contributed by atoms with van der Waals surface area (Å²) in [4.78, 5) is 2.45. The fraction of sp³-hybridized carbons (Fsp3) is 0.316. The van der Waals surface area contributed by atoms with E-state index in [1.54, 1.807) is 11.9 Å². The summed E-state index contributed by atoms with van der Waals surface area (Å²) in [6.45, 7) is 2.27. The minimum Gasteiger partial charge on any atom is -0.457 e. The lowest BCUT2D eigenvalue weighted by atomic mass is 9.89. The highest BCUT2D eigenvalue weighted by Gasteiger charge is 2.29. The van der Waals surface area contributed by atoms with Crippen LogP contribution in [0.3, 0.4) is 0 Å². The molecular formula is C19H19ClN2OS. The Hall–Kier alpha value is -1.65. The summed E-state index contributed by atoms with van der Waals surface area (Å²) in [5.41, 5.74) is 1.32. The van der Waals surface area contributed by atoms with Crippen molar-refractivity contribution >= 4 is 29.4 Å². The van der Waals surface area contributed by atoms with E-state index in [0.29, 0.717) is 10.9 Å². The molecule has 0 bridgehead atoms. The van der Waals surface area contributed by atoms with Crippen LogP contribution in [0.15, 0.2) is 52.9 Å². The van der Waals surface area contributed by atoms with Crippen LogP contribution in [0, 0.1) is 0 Å². The second-order valence-corrected chi connectivity index (χ2v) is 7.38. The molecule has 1 atom stereocenters. The summed E-state index contributed by atoms with van der Waals surface area (Å²) in [6.07, 6.45) is 2.40. The molecule has 2 aromatic carbocycles. The predicted octanol–water partition coefficient (Wildman–Crippen LogP) is 5.37. The van der Waals surface area contributed by atoms with Crippen LogP contribution in [0.4, 0.5) is 0 Å². The van der Waals surface area contributed by atoms with E-state index in [-0.39, 0.29) is 0 Å². The van der Waals surface area contributed by atoms with Crippen LogP contribution in [0.1, 0.15) is 24.3 Å². The van der Waals surface area contributed by atoms with Crippen molar-refractivity contribution in [3.63, 3.8) is 0 Å². The van der Waals surface area contributed by atoms with Gasteiger partial charge in [-0.3, -0.25) is 0 Å². The van der Waals surface area contributed by atoms with Gasteiger partial charge in [0.2, 0.25) is 0 Å². The van der Waals surface area contributed by atoms with E-state index in [2.05, 4.69) is 17.0 Å². The van der Waals surface area contributed by atoms with Gasteiger partial charge in [0.1, 0.15) is 17.3 Å². The van der Waals surface area contributed by atoms with Crippen molar-refractivity contribution in [2.45, 2.75) is 18.8 Å². The van der Waals surface area contributed by atoms with Gasteiger partial charge in [-0.2, -0.15) is 0 Å². The first-order chi connectivity index (χ1) is 11.8. The SMILES string of the molecule is Clc1cccc(Oc2ccc(C3CCCN4CCSN=C34)cc2)c1. The maximum Gasteiger partial charge on any atom is 0.128 e. The number of hydrogen-bond acceptors (Lipinski definition) is 4. The second kappa shape index (κ2) is 7.08. The number of amidine groups is 1. The van der Waals surface area contributed by atoms with Gasteiger partial charge in [-0.05, 0) is 60.7 Å². The molecule has 124 valence electrons. The predicted molar refractivity (Wildman–Crippen MR) is 101 cm³/mol. The van der Waals surface area contributed by atoms with Gasteiger partial charge in [0.15, 0.2) is 0 Å². The minimum absolute atomic E-state index is 0.409. The molecule has 0 aromatic heterocycles. The molecule has 5 heteroatoms. The Morgan fingerprint density at radius 3 is 2.79 bits per heavy atom. The van der Waals surface area contributed by atoms with Crippen molar-refractivity contribution in [1.82, 2.24) is 4.90 Å². The first-order valence-electron chi connectivity index (χ1n) is 8.28. The second-order valence-electron chi connectivity index (χ2n) is 6.09. The number of rotatable bonds is 3. The highest BCUT2D eigenvalue weighted by Crippen LogP contribution is 2.34. The van der Waals surface area contributed by atoms with E-state index >= 15 is 0 Å². The zero-order chi connectivity index (χ0) is 16.4. The van der Waals surface area contributed by atoms with Crippen LogP contribution < -0.4 is 4.74 Å². The Balaban J connectivity index is 1.52. The average Bonchev–Trinajstić information content (AvgIpc) is 2.62. The number of benzene rings is 2. The zero-order valence-electron chi connectivity index (χ0n) is 13.3. The van der Waals surface area contributed by atoms with Gasteiger partial charge in [-0.25, -0.2) is 4.40 Å². The van der Waals surface area contributed by atoms with E-state index < -0.39 is 0 Å². The molecule has 2 aromatic rings. The van der Waals surface area contributed by atoms with E-state index in [9.17, 15) is 0 Å². The Kier molecular flexibility index (Phi) is 4.67. The summed E-state index contributed by atoms with van der Waals surface area (Å²) in [5, 5.41) is 0.680. The quantitative estimate of drug-likeness (QED) is 0.689. The van der Waals surface area contributed by atoms with E-state index in [1.165, 1.54) is 24.2 Å². The van der Waals surface area contributed by atoms with Gasteiger partial charge in [0, 0.05) is 29.8 Å². The summed E-state index contributed by atoms with van der Waals surface area (Å²) in [6, 6.07) is 15.9.